The van der Waals surface area contributed by atoms with Gasteiger partial charge >= 0.3 is 5.69 Å². The van der Waals surface area contributed by atoms with E-state index in [2.05, 4.69) is 18.8 Å². The summed E-state index contributed by atoms with van der Waals surface area (Å²) < 4.78 is 5.65. The van der Waals surface area contributed by atoms with Gasteiger partial charge in [-0.25, -0.2) is 9.20 Å². The molecule has 9 nitrogen and oxygen atoms in total. The maximum atomic E-state index is 13.8. The molecule has 9 heteroatoms. The molecule has 0 spiro atoms. The highest BCUT2D eigenvalue weighted by Gasteiger charge is 2.25. The van der Waals surface area contributed by atoms with E-state index < -0.39 is 16.8 Å². The fourth-order valence-electron chi connectivity index (χ4n) is 4.68. The van der Waals surface area contributed by atoms with Gasteiger partial charge in [0, 0.05) is 13.1 Å². The predicted molar refractivity (Wildman–Crippen MR) is 146 cm³/mol. The number of aromatic nitrogens is 5. The Labute approximate surface area is 215 Å². The number of aryl methyl sites for hydroxylation is 1. The maximum absolute atomic E-state index is 13.8. The fraction of sp³-hybridized carbons (Fsp3) is 0.500. The van der Waals surface area contributed by atoms with Crippen LogP contribution in [-0.4, -0.2) is 28.2 Å². The van der Waals surface area contributed by atoms with Crippen molar-refractivity contribution in [2.75, 3.05) is 0 Å². The zero-order valence-corrected chi connectivity index (χ0v) is 22.2. The predicted octanol–water partition coefficient (Wildman–Crippen LogP) is 3.92. The van der Waals surface area contributed by atoms with E-state index in [1.54, 1.807) is 4.57 Å². The number of hydrogen-bond donors (Lipinski definition) is 1. The molecule has 37 heavy (non-hydrogen) atoms. The van der Waals surface area contributed by atoms with Crippen LogP contribution in [0.2, 0.25) is 0 Å². The van der Waals surface area contributed by atoms with Crippen molar-refractivity contribution in [2.45, 2.75) is 85.9 Å². The lowest BCUT2D eigenvalue weighted by molar-refractivity contribution is 0.408. The van der Waals surface area contributed by atoms with Crippen LogP contribution in [0.25, 0.3) is 16.9 Å². The molecule has 0 fully saturated rings. The van der Waals surface area contributed by atoms with Crippen molar-refractivity contribution in [3.8, 4) is 5.88 Å². The summed E-state index contributed by atoms with van der Waals surface area (Å²) in [4.78, 5) is 45.6. The molecule has 0 saturated heterocycles. The average Bonchev–Trinajstić information content (AvgIpc) is 3.28. The highest BCUT2D eigenvalue weighted by Crippen LogP contribution is 2.23. The summed E-state index contributed by atoms with van der Waals surface area (Å²) in [5.74, 6) is 0.331. The second-order valence-corrected chi connectivity index (χ2v) is 10.1. The minimum Gasteiger partial charge on any atom is -0.494 e. The molecule has 198 valence electrons. The smallest absolute Gasteiger partial charge is 0.332 e. The van der Waals surface area contributed by atoms with Crippen molar-refractivity contribution in [3.63, 3.8) is 0 Å². The summed E-state index contributed by atoms with van der Waals surface area (Å²) in [5, 5.41) is 11.3. The Kier molecular flexibility index (Phi) is 8.00. The van der Waals surface area contributed by atoms with Gasteiger partial charge in [-0.2, -0.15) is 4.98 Å². The van der Waals surface area contributed by atoms with Gasteiger partial charge < -0.3 is 5.11 Å². The van der Waals surface area contributed by atoms with E-state index in [0.717, 1.165) is 24.8 Å². The number of fused-ring (bicyclic) bond motifs is 3. The lowest BCUT2D eigenvalue weighted by Crippen LogP contribution is -2.41. The monoisotopic (exact) mass is 507 g/mol. The van der Waals surface area contributed by atoms with Crippen molar-refractivity contribution in [2.24, 2.45) is 5.92 Å². The molecule has 0 radical (unpaired) electrons. The second kappa shape index (κ2) is 11.2. The Morgan fingerprint density at radius 3 is 2.16 bits per heavy atom. The summed E-state index contributed by atoms with van der Waals surface area (Å²) in [6.07, 6.45) is 4.15. The van der Waals surface area contributed by atoms with Gasteiger partial charge in [-0.3, -0.25) is 23.3 Å². The molecule has 0 atom stereocenters. The average molecular weight is 508 g/mol. The fourth-order valence-corrected chi connectivity index (χ4v) is 4.68. The van der Waals surface area contributed by atoms with Crippen LogP contribution < -0.4 is 16.8 Å². The minimum absolute atomic E-state index is 0.0967. The molecule has 1 N–H and O–H groups in total. The molecule has 0 unspecified atom stereocenters. The van der Waals surface area contributed by atoms with Gasteiger partial charge in [0.1, 0.15) is 0 Å². The largest absolute Gasteiger partial charge is 0.494 e. The molecule has 0 amide bonds. The van der Waals surface area contributed by atoms with Crippen LogP contribution in [0, 0.1) is 5.92 Å². The Balaban J connectivity index is 2.13. The highest BCUT2D eigenvalue weighted by atomic mass is 16.3. The Hall–Kier alpha value is -3.62. The summed E-state index contributed by atoms with van der Waals surface area (Å²) >= 11 is 0. The van der Waals surface area contributed by atoms with Crippen LogP contribution in [0.15, 0.2) is 44.7 Å². The molecule has 4 rings (SSSR count). The SMILES string of the molecule is CCCCn1c(=O)c2c(nc3n(Cc4ccccc4)c(O)c(CCC(C)C)c(=O)n23)n(CCCC)c1=O. The summed E-state index contributed by atoms with van der Waals surface area (Å²) in [6.45, 7) is 9.08. The van der Waals surface area contributed by atoms with Crippen LogP contribution in [0.3, 0.4) is 0 Å². The van der Waals surface area contributed by atoms with E-state index in [-0.39, 0.29) is 41.5 Å². The third-order valence-corrected chi connectivity index (χ3v) is 6.86. The molecular weight excluding hydrogens is 470 g/mol. The number of imidazole rings is 1. The first-order chi connectivity index (χ1) is 17.8. The summed E-state index contributed by atoms with van der Waals surface area (Å²) in [6, 6.07) is 9.58. The van der Waals surface area contributed by atoms with Crippen molar-refractivity contribution in [3.05, 3.63) is 72.7 Å². The Bertz CT molecular complexity index is 1570. The quantitative estimate of drug-likeness (QED) is 0.331. The van der Waals surface area contributed by atoms with Crippen LogP contribution >= 0.6 is 0 Å². The van der Waals surface area contributed by atoms with E-state index in [9.17, 15) is 19.5 Å². The van der Waals surface area contributed by atoms with E-state index in [0.29, 0.717) is 31.7 Å². The first kappa shape index (κ1) is 26.4. The van der Waals surface area contributed by atoms with Crippen molar-refractivity contribution in [1.29, 1.82) is 0 Å². The summed E-state index contributed by atoms with van der Waals surface area (Å²) in [7, 11) is 0. The van der Waals surface area contributed by atoms with Crippen molar-refractivity contribution in [1.82, 2.24) is 23.1 Å². The van der Waals surface area contributed by atoms with Gasteiger partial charge in [-0.05, 0) is 37.2 Å². The molecular formula is C28H37N5O4. The molecule has 1 aromatic carbocycles. The Morgan fingerprint density at radius 1 is 0.892 bits per heavy atom. The van der Waals surface area contributed by atoms with Crippen molar-refractivity contribution >= 4 is 16.9 Å². The molecule has 0 aliphatic heterocycles. The Morgan fingerprint density at radius 2 is 1.54 bits per heavy atom. The van der Waals surface area contributed by atoms with Gasteiger partial charge in [-0.15, -0.1) is 0 Å². The van der Waals surface area contributed by atoms with Gasteiger partial charge in [-0.1, -0.05) is 70.9 Å². The van der Waals surface area contributed by atoms with Crippen LogP contribution in [0.1, 0.15) is 70.9 Å². The lowest BCUT2D eigenvalue weighted by atomic mass is 10.0. The van der Waals surface area contributed by atoms with E-state index in [4.69, 9.17) is 0 Å². The van der Waals surface area contributed by atoms with Gasteiger partial charge in [0.15, 0.2) is 11.2 Å². The number of aromatic hydroxyl groups is 1. The third-order valence-electron chi connectivity index (χ3n) is 6.86. The van der Waals surface area contributed by atoms with Crippen LogP contribution in [0.4, 0.5) is 0 Å². The minimum atomic E-state index is -0.516. The molecule has 0 saturated carbocycles. The molecule has 4 aromatic rings. The maximum Gasteiger partial charge on any atom is 0.332 e. The molecule has 0 bridgehead atoms. The number of rotatable bonds is 11. The second-order valence-electron chi connectivity index (χ2n) is 10.1. The van der Waals surface area contributed by atoms with Gasteiger partial charge in [0.2, 0.25) is 11.7 Å². The number of benzene rings is 1. The zero-order chi connectivity index (χ0) is 26.7. The first-order valence-electron chi connectivity index (χ1n) is 13.3. The molecule has 3 heterocycles. The number of unbranched alkanes of at least 4 members (excludes halogenated alkanes) is 2. The van der Waals surface area contributed by atoms with Crippen molar-refractivity contribution < 1.29 is 5.11 Å². The first-order valence-corrected chi connectivity index (χ1v) is 13.3. The summed E-state index contributed by atoms with van der Waals surface area (Å²) in [5.41, 5.74) is 0.0672. The van der Waals surface area contributed by atoms with Gasteiger partial charge in [0.25, 0.3) is 11.1 Å². The van der Waals surface area contributed by atoms with Crippen LogP contribution in [-0.2, 0) is 26.1 Å². The van der Waals surface area contributed by atoms with Crippen LogP contribution in [0.5, 0.6) is 5.88 Å². The van der Waals surface area contributed by atoms with Gasteiger partial charge in [0.05, 0.1) is 12.1 Å². The number of hydrogen-bond acceptors (Lipinski definition) is 5. The zero-order valence-electron chi connectivity index (χ0n) is 22.2. The van der Waals surface area contributed by atoms with E-state index >= 15 is 0 Å². The normalized spacial score (nSPS) is 11.8. The molecule has 3 aromatic heterocycles. The molecule has 0 aliphatic rings. The third kappa shape index (κ3) is 4.99. The van der Waals surface area contributed by atoms with E-state index in [1.807, 2.05) is 44.2 Å². The van der Waals surface area contributed by atoms with E-state index in [1.165, 1.54) is 13.5 Å². The lowest BCUT2D eigenvalue weighted by Gasteiger charge is -2.15. The highest BCUT2D eigenvalue weighted by molar-refractivity contribution is 5.75. The molecule has 0 aliphatic carbocycles. The number of nitrogens with zero attached hydrogens (tertiary/aromatic N) is 5. The topological polar surface area (TPSA) is 104 Å². The standard InChI is InChI=1S/C28H37N5O4/c1-5-7-16-30-23-22(26(36)31(28(30)37)17-8-6-2)33-25(35)21(15-14-19(3)4)24(34)32(27(33)29-23)18-20-12-10-9-11-13-20/h9-13,19,34H,5-8,14-18H2,1-4H3.